The summed E-state index contributed by atoms with van der Waals surface area (Å²) in [6, 6.07) is 8.30. The monoisotopic (exact) mass is 352 g/mol. The Morgan fingerprint density at radius 1 is 1.12 bits per heavy atom. The Labute approximate surface area is 151 Å². The highest BCUT2D eigenvalue weighted by Gasteiger charge is 2.19. The number of hydrogen-bond donors (Lipinski definition) is 1. The molecular formula is C19H20N4OS. The predicted molar refractivity (Wildman–Crippen MR) is 101 cm³/mol. The molecule has 1 N–H and O–H groups in total. The van der Waals surface area contributed by atoms with Gasteiger partial charge in [-0.2, -0.15) is 0 Å². The second-order valence-electron chi connectivity index (χ2n) is 6.32. The van der Waals surface area contributed by atoms with Crippen LogP contribution in [-0.2, 0) is 0 Å². The fourth-order valence-corrected chi connectivity index (χ4v) is 3.82. The minimum atomic E-state index is -0.190. The van der Waals surface area contributed by atoms with E-state index in [0.717, 1.165) is 54.4 Å². The van der Waals surface area contributed by atoms with Crippen LogP contribution in [0.1, 0.15) is 18.7 Å². The largest absolute Gasteiger partial charge is 0.393 e. The fourth-order valence-electron chi connectivity index (χ4n) is 3.11. The van der Waals surface area contributed by atoms with Crippen LogP contribution in [0.4, 0.5) is 5.82 Å². The fraction of sp³-hybridized carbons (Fsp3) is 0.316. The zero-order valence-electron chi connectivity index (χ0n) is 14.1. The number of hydrogen-bond acceptors (Lipinski definition) is 6. The van der Waals surface area contributed by atoms with Crippen LogP contribution in [-0.4, -0.2) is 39.3 Å². The van der Waals surface area contributed by atoms with Crippen molar-refractivity contribution in [2.75, 3.05) is 18.0 Å². The van der Waals surface area contributed by atoms with Crippen molar-refractivity contribution in [3.63, 3.8) is 0 Å². The molecule has 0 bridgehead atoms. The number of rotatable bonds is 3. The first-order chi connectivity index (χ1) is 12.2. The molecule has 1 aliphatic heterocycles. The lowest BCUT2D eigenvalue weighted by Crippen LogP contribution is -2.36. The first-order valence-electron chi connectivity index (χ1n) is 8.47. The summed E-state index contributed by atoms with van der Waals surface area (Å²) in [6.07, 6.45) is 5.12. The average Bonchev–Trinajstić information content (AvgIpc) is 3.17. The van der Waals surface area contributed by atoms with E-state index < -0.39 is 0 Å². The van der Waals surface area contributed by atoms with Crippen LogP contribution in [0.25, 0.3) is 21.7 Å². The summed E-state index contributed by atoms with van der Waals surface area (Å²) in [5.41, 5.74) is 2.99. The Bertz CT molecular complexity index is 858. The van der Waals surface area contributed by atoms with Crippen molar-refractivity contribution in [2.24, 2.45) is 0 Å². The quantitative estimate of drug-likeness (QED) is 0.781. The number of thiophene rings is 1. The summed E-state index contributed by atoms with van der Waals surface area (Å²) in [7, 11) is 0. The molecule has 3 aromatic rings. The number of nitrogens with zero attached hydrogens (tertiary/aromatic N) is 4. The van der Waals surface area contributed by atoms with Crippen LogP contribution in [0.3, 0.4) is 0 Å². The van der Waals surface area contributed by atoms with Crippen LogP contribution in [0.2, 0.25) is 0 Å². The number of anilines is 1. The summed E-state index contributed by atoms with van der Waals surface area (Å²) in [5.74, 6) is 1.68. The zero-order valence-corrected chi connectivity index (χ0v) is 14.9. The summed E-state index contributed by atoms with van der Waals surface area (Å²) in [5, 5.41) is 11.8. The molecule has 1 saturated heterocycles. The van der Waals surface area contributed by atoms with E-state index in [9.17, 15) is 5.11 Å². The third-order valence-electron chi connectivity index (χ3n) is 4.45. The molecule has 0 aliphatic carbocycles. The summed E-state index contributed by atoms with van der Waals surface area (Å²) >= 11 is 1.70. The van der Waals surface area contributed by atoms with Gasteiger partial charge in [0.25, 0.3) is 0 Å². The normalized spacial score (nSPS) is 15.5. The van der Waals surface area contributed by atoms with E-state index in [2.05, 4.69) is 37.4 Å². The highest BCUT2D eigenvalue weighted by Crippen LogP contribution is 2.29. The average molecular weight is 352 g/mol. The van der Waals surface area contributed by atoms with Crippen LogP contribution < -0.4 is 4.90 Å². The number of aliphatic hydroxyl groups excluding tert-OH is 1. The van der Waals surface area contributed by atoms with E-state index in [4.69, 9.17) is 0 Å². The van der Waals surface area contributed by atoms with Crippen molar-refractivity contribution in [1.29, 1.82) is 0 Å². The van der Waals surface area contributed by atoms with Crippen molar-refractivity contribution in [3.05, 3.63) is 47.9 Å². The van der Waals surface area contributed by atoms with Crippen molar-refractivity contribution in [3.8, 4) is 21.7 Å². The first kappa shape index (κ1) is 16.2. The molecule has 3 aromatic heterocycles. The van der Waals surface area contributed by atoms with Gasteiger partial charge in [0.15, 0.2) is 0 Å². The van der Waals surface area contributed by atoms with E-state index in [1.807, 2.05) is 31.5 Å². The topological polar surface area (TPSA) is 62.1 Å². The van der Waals surface area contributed by atoms with E-state index in [1.165, 1.54) is 4.88 Å². The SMILES string of the molecule is Cc1nc(-c2cncc(-c3cccs3)c2)cc(N2CCC(O)CC2)n1. The highest BCUT2D eigenvalue weighted by molar-refractivity contribution is 7.13. The maximum absolute atomic E-state index is 9.72. The van der Waals surface area contributed by atoms with Gasteiger partial charge in [-0.15, -0.1) is 11.3 Å². The van der Waals surface area contributed by atoms with Gasteiger partial charge < -0.3 is 10.0 Å². The van der Waals surface area contributed by atoms with Gasteiger partial charge >= 0.3 is 0 Å². The number of aryl methyl sites for hydroxylation is 1. The van der Waals surface area contributed by atoms with Gasteiger partial charge in [-0.1, -0.05) is 6.07 Å². The van der Waals surface area contributed by atoms with Crippen LogP contribution in [0.5, 0.6) is 0 Å². The molecule has 4 rings (SSSR count). The summed E-state index contributed by atoms with van der Waals surface area (Å²) in [4.78, 5) is 17.0. The lowest BCUT2D eigenvalue weighted by Gasteiger charge is -2.30. The lowest BCUT2D eigenvalue weighted by atomic mass is 10.1. The van der Waals surface area contributed by atoms with Gasteiger partial charge in [0.2, 0.25) is 0 Å². The second kappa shape index (κ2) is 6.90. The Kier molecular flexibility index (Phi) is 4.46. The third kappa shape index (κ3) is 3.55. The minimum absolute atomic E-state index is 0.190. The Hall–Kier alpha value is -2.31. The van der Waals surface area contributed by atoms with Crippen molar-refractivity contribution in [2.45, 2.75) is 25.9 Å². The van der Waals surface area contributed by atoms with Crippen molar-refractivity contribution >= 4 is 17.2 Å². The molecular weight excluding hydrogens is 332 g/mol. The van der Waals surface area contributed by atoms with Crippen LogP contribution >= 0.6 is 11.3 Å². The number of aliphatic hydroxyl groups is 1. The van der Waals surface area contributed by atoms with Crippen LogP contribution in [0, 0.1) is 6.92 Å². The Morgan fingerprint density at radius 2 is 1.92 bits per heavy atom. The van der Waals surface area contributed by atoms with Gasteiger partial charge in [-0.3, -0.25) is 4.98 Å². The van der Waals surface area contributed by atoms with Gasteiger partial charge in [0, 0.05) is 47.6 Å². The highest BCUT2D eigenvalue weighted by atomic mass is 32.1. The smallest absolute Gasteiger partial charge is 0.132 e. The molecule has 0 aromatic carbocycles. The van der Waals surface area contributed by atoms with Crippen molar-refractivity contribution in [1.82, 2.24) is 15.0 Å². The molecule has 1 fully saturated rings. The molecule has 0 spiro atoms. The van der Waals surface area contributed by atoms with Gasteiger partial charge in [-0.25, -0.2) is 9.97 Å². The summed E-state index contributed by atoms with van der Waals surface area (Å²) < 4.78 is 0. The maximum atomic E-state index is 9.72. The Morgan fingerprint density at radius 3 is 2.68 bits per heavy atom. The molecule has 128 valence electrons. The maximum Gasteiger partial charge on any atom is 0.132 e. The molecule has 0 amide bonds. The minimum Gasteiger partial charge on any atom is -0.393 e. The lowest BCUT2D eigenvalue weighted by molar-refractivity contribution is 0.145. The predicted octanol–water partition coefficient (Wildman–Crippen LogP) is 3.54. The second-order valence-corrected chi connectivity index (χ2v) is 7.26. The Balaban J connectivity index is 1.68. The molecule has 25 heavy (non-hydrogen) atoms. The standard InChI is InChI=1S/C19H20N4OS/c1-13-21-17(10-19(22-13)23-6-4-16(24)5-7-23)14-9-15(12-20-11-14)18-3-2-8-25-18/h2-3,8-12,16,24H,4-7H2,1H3. The van der Waals surface area contributed by atoms with Gasteiger partial charge in [0.1, 0.15) is 11.6 Å². The van der Waals surface area contributed by atoms with Gasteiger partial charge in [-0.05, 0) is 37.3 Å². The molecule has 0 unspecified atom stereocenters. The molecule has 6 heteroatoms. The summed E-state index contributed by atoms with van der Waals surface area (Å²) in [6.45, 7) is 3.57. The van der Waals surface area contributed by atoms with Gasteiger partial charge in [0.05, 0.1) is 11.8 Å². The first-order valence-corrected chi connectivity index (χ1v) is 9.35. The van der Waals surface area contributed by atoms with E-state index in [1.54, 1.807) is 11.3 Å². The van der Waals surface area contributed by atoms with E-state index in [-0.39, 0.29) is 6.10 Å². The van der Waals surface area contributed by atoms with E-state index in [0.29, 0.717) is 0 Å². The van der Waals surface area contributed by atoms with Crippen molar-refractivity contribution < 1.29 is 5.11 Å². The number of piperidine rings is 1. The molecule has 5 nitrogen and oxygen atoms in total. The van der Waals surface area contributed by atoms with E-state index >= 15 is 0 Å². The molecule has 1 aliphatic rings. The van der Waals surface area contributed by atoms with Crippen LogP contribution in [0.15, 0.2) is 42.0 Å². The number of aromatic nitrogens is 3. The molecule has 0 saturated carbocycles. The third-order valence-corrected chi connectivity index (χ3v) is 5.37. The zero-order chi connectivity index (χ0) is 17.2. The molecule has 0 atom stereocenters. The number of pyridine rings is 1. The molecule has 0 radical (unpaired) electrons. The molecule has 4 heterocycles.